The maximum atomic E-state index is 8.76. The molecule has 0 aromatic carbocycles. The smallest absolute Gasteiger partial charge is 0.271 e. The number of aliphatic hydroxyl groups excluding tert-OH is 1. The third-order valence-electron chi connectivity index (χ3n) is 1.65. The van der Waals surface area contributed by atoms with E-state index in [1.165, 1.54) is 11.3 Å². The molecular weight excluding hydrogens is 204 g/mol. The fourth-order valence-electron chi connectivity index (χ4n) is 1.02. The number of rotatable bonds is 3. The van der Waals surface area contributed by atoms with Gasteiger partial charge < -0.3 is 14.4 Å². The van der Waals surface area contributed by atoms with Crippen molar-refractivity contribution < 1.29 is 14.4 Å². The Balaban J connectivity index is 2.38. The van der Waals surface area contributed by atoms with Crippen molar-refractivity contribution in [2.45, 2.75) is 6.61 Å². The highest BCUT2D eigenvalue weighted by molar-refractivity contribution is 7.13. The monoisotopic (exact) mass is 212 g/mol. The normalized spacial score (nSPS) is 10.4. The van der Waals surface area contributed by atoms with Crippen molar-refractivity contribution in [3.05, 3.63) is 17.3 Å². The van der Waals surface area contributed by atoms with Crippen molar-refractivity contribution in [3.8, 4) is 16.5 Å². The lowest BCUT2D eigenvalue weighted by molar-refractivity contribution is 0.264. The Hall–Kier alpha value is -1.40. The molecule has 2 aromatic heterocycles. The van der Waals surface area contributed by atoms with Crippen molar-refractivity contribution in [1.82, 2.24) is 10.1 Å². The molecule has 1 N–H and O–H groups in total. The van der Waals surface area contributed by atoms with Crippen molar-refractivity contribution in [2.75, 3.05) is 7.11 Å². The van der Waals surface area contributed by atoms with Gasteiger partial charge in [-0.2, -0.15) is 4.98 Å². The van der Waals surface area contributed by atoms with Gasteiger partial charge in [0.2, 0.25) is 0 Å². The first-order valence-electron chi connectivity index (χ1n) is 3.90. The van der Waals surface area contributed by atoms with Crippen LogP contribution >= 0.6 is 11.3 Å². The average molecular weight is 212 g/mol. The molecule has 0 unspecified atom stereocenters. The molecule has 0 aliphatic carbocycles. The SMILES string of the molecule is COc1ccsc1-c1nc(CO)no1. The molecule has 0 fully saturated rings. The van der Waals surface area contributed by atoms with Crippen LogP contribution in [0.15, 0.2) is 16.0 Å². The summed E-state index contributed by atoms with van der Waals surface area (Å²) in [5.74, 6) is 1.35. The zero-order valence-corrected chi connectivity index (χ0v) is 8.24. The highest BCUT2D eigenvalue weighted by Crippen LogP contribution is 2.33. The standard InChI is InChI=1S/C8H8N2O3S/c1-12-5-2-3-14-7(5)8-9-6(4-11)10-13-8/h2-3,11H,4H2,1H3. The van der Waals surface area contributed by atoms with Gasteiger partial charge in [-0.1, -0.05) is 5.16 Å². The van der Waals surface area contributed by atoms with Crippen molar-refractivity contribution in [2.24, 2.45) is 0 Å². The van der Waals surface area contributed by atoms with Crippen LogP contribution in [0, 0.1) is 0 Å². The lowest BCUT2D eigenvalue weighted by Crippen LogP contribution is -1.85. The van der Waals surface area contributed by atoms with E-state index in [1.54, 1.807) is 7.11 Å². The lowest BCUT2D eigenvalue weighted by atomic mass is 10.4. The van der Waals surface area contributed by atoms with E-state index in [-0.39, 0.29) is 12.4 Å². The van der Waals surface area contributed by atoms with Crippen LogP contribution < -0.4 is 4.74 Å². The molecule has 5 nitrogen and oxygen atoms in total. The largest absolute Gasteiger partial charge is 0.495 e. The number of aliphatic hydroxyl groups is 1. The Kier molecular flexibility index (Phi) is 2.47. The van der Waals surface area contributed by atoms with E-state index >= 15 is 0 Å². The quantitative estimate of drug-likeness (QED) is 0.830. The van der Waals surface area contributed by atoms with Crippen molar-refractivity contribution in [1.29, 1.82) is 0 Å². The summed E-state index contributed by atoms with van der Waals surface area (Å²) < 4.78 is 10.1. The second kappa shape index (κ2) is 3.77. The van der Waals surface area contributed by atoms with Crippen LogP contribution in [0.1, 0.15) is 5.82 Å². The predicted molar refractivity (Wildman–Crippen MR) is 50.1 cm³/mol. The number of hydrogen-bond acceptors (Lipinski definition) is 6. The molecule has 2 rings (SSSR count). The lowest BCUT2D eigenvalue weighted by Gasteiger charge is -1.95. The first kappa shape index (κ1) is 9.17. The van der Waals surface area contributed by atoms with E-state index in [0.717, 1.165) is 4.88 Å². The molecule has 0 spiro atoms. The van der Waals surface area contributed by atoms with Crippen LogP contribution in [-0.2, 0) is 6.61 Å². The molecule has 0 amide bonds. The van der Waals surface area contributed by atoms with Gasteiger partial charge in [0.25, 0.3) is 5.89 Å². The molecule has 0 radical (unpaired) electrons. The van der Waals surface area contributed by atoms with E-state index in [0.29, 0.717) is 11.6 Å². The molecule has 0 bridgehead atoms. The molecule has 0 saturated carbocycles. The van der Waals surface area contributed by atoms with E-state index in [9.17, 15) is 0 Å². The molecule has 2 aromatic rings. The number of thiophene rings is 1. The number of methoxy groups -OCH3 is 1. The third-order valence-corrected chi connectivity index (χ3v) is 2.54. The van der Waals surface area contributed by atoms with Crippen LogP contribution in [0.5, 0.6) is 5.75 Å². The highest BCUT2D eigenvalue weighted by Gasteiger charge is 2.14. The Morgan fingerprint density at radius 1 is 1.64 bits per heavy atom. The van der Waals surface area contributed by atoms with Crippen LogP contribution in [-0.4, -0.2) is 22.4 Å². The fraction of sp³-hybridized carbons (Fsp3) is 0.250. The maximum absolute atomic E-state index is 8.76. The summed E-state index contributed by atoms with van der Waals surface area (Å²) in [4.78, 5) is 4.76. The summed E-state index contributed by atoms with van der Waals surface area (Å²) in [6.07, 6.45) is 0. The van der Waals surface area contributed by atoms with Gasteiger partial charge in [-0.3, -0.25) is 0 Å². The summed E-state index contributed by atoms with van der Waals surface area (Å²) in [5, 5.41) is 14.2. The number of aromatic nitrogens is 2. The van der Waals surface area contributed by atoms with E-state index < -0.39 is 0 Å². The van der Waals surface area contributed by atoms with Crippen LogP contribution in [0.25, 0.3) is 10.8 Å². The van der Waals surface area contributed by atoms with Gasteiger partial charge in [0, 0.05) is 0 Å². The zero-order valence-electron chi connectivity index (χ0n) is 7.43. The first-order valence-corrected chi connectivity index (χ1v) is 4.78. The Morgan fingerprint density at radius 3 is 3.14 bits per heavy atom. The zero-order chi connectivity index (χ0) is 9.97. The molecule has 6 heteroatoms. The van der Waals surface area contributed by atoms with Gasteiger partial charge in [-0.25, -0.2) is 0 Å². The molecule has 0 atom stereocenters. The second-order valence-corrected chi connectivity index (χ2v) is 3.41. The Labute approximate surface area is 84.0 Å². The minimum absolute atomic E-state index is 0.225. The van der Waals surface area contributed by atoms with Crippen LogP contribution in [0.3, 0.4) is 0 Å². The molecule has 0 aliphatic rings. The maximum Gasteiger partial charge on any atom is 0.271 e. The van der Waals surface area contributed by atoms with Gasteiger partial charge >= 0.3 is 0 Å². The topological polar surface area (TPSA) is 68.4 Å². The summed E-state index contributed by atoms with van der Waals surface area (Å²) in [5.41, 5.74) is 0. The second-order valence-electron chi connectivity index (χ2n) is 2.49. The average Bonchev–Trinajstić information content (AvgIpc) is 2.85. The molecule has 74 valence electrons. The Bertz CT molecular complexity index is 424. The summed E-state index contributed by atoms with van der Waals surface area (Å²) in [7, 11) is 1.58. The van der Waals surface area contributed by atoms with Crippen molar-refractivity contribution >= 4 is 11.3 Å². The van der Waals surface area contributed by atoms with Gasteiger partial charge in [0.05, 0.1) is 7.11 Å². The molecular formula is C8H8N2O3S. The number of nitrogens with zero attached hydrogens (tertiary/aromatic N) is 2. The fourth-order valence-corrected chi connectivity index (χ4v) is 1.80. The van der Waals surface area contributed by atoms with E-state index in [2.05, 4.69) is 10.1 Å². The molecule has 0 saturated heterocycles. The van der Waals surface area contributed by atoms with Gasteiger partial charge in [0.1, 0.15) is 17.2 Å². The van der Waals surface area contributed by atoms with Crippen molar-refractivity contribution in [3.63, 3.8) is 0 Å². The molecule has 14 heavy (non-hydrogen) atoms. The molecule has 0 aliphatic heterocycles. The predicted octanol–water partition coefficient (Wildman–Crippen LogP) is 1.30. The first-order chi connectivity index (χ1) is 6.85. The minimum atomic E-state index is -0.225. The van der Waals surface area contributed by atoms with E-state index in [4.69, 9.17) is 14.4 Å². The third kappa shape index (κ3) is 1.49. The molecule has 2 heterocycles. The van der Waals surface area contributed by atoms with Gasteiger partial charge in [-0.15, -0.1) is 11.3 Å². The summed E-state index contributed by atoms with van der Waals surface area (Å²) >= 11 is 1.45. The Morgan fingerprint density at radius 2 is 2.50 bits per heavy atom. The van der Waals surface area contributed by atoms with Crippen LogP contribution in [0.2, 0.25) is 0 Å². The minimum Gasteiger partial charge on any atom is -0.495 e. The van der Waals surface area contributed by atoms with Gasteiger partial charge in [-0.05, 0) is 11.4 Å². The van der Waals surface area contributed by atoms with E-state index in [1.807, 2.05) is 11.4 Å². The van der Waals surface area contributed by atoms with Crippen LogP contribution in [0.4, 0.5) is 0 Å². The summed E-state index contributed by atoms with van der Waals surface area (Å²) in [6, 6.07) is 1.82. The highest BCUT2D eigenvalue weighted by atomic mass is 32.1. The summed E-state index contributed by atoms with van der Waals surface area (Å²) in [6.45, 7) is -0.225. The number of ether oxygens (including phenoxy) is 1. The number of hydrogen-bond donors (Lipinski definition) is 1. The van der Waals surface area contributed by atoms with Gasteiger partial charge in [0.15, 0.2) is 5.82 Å².